The van der Waals surface area contributed by atoms with Crippen molar-refractivity contribution in [2.24, 2.45) is 5.92 Å². The molecule has 0 aromatic carbocycles. The predicted molar refractivity (Wildman–Crippen MR) is 72.7 cm³/mol. The molecule has 0 aliphatic heterocycles. The lowest BCUT2D eigenvalue weighted by molar-refractivity contribution is 0.0952. The zero-order chi connectivity index (χ0) is 12.8. The quantitative estimate of drug-likeness (QED) is 0.728. The van der Waals surface area contributed by atoms with Crippen LogP contribution in [0.5, 0.6) is 0 Å². The van der Waals surface area contributed by atoms with Gasteiger partial charge in [0.15, 0.2) is 0 Å². The summed E-state index contributed by atoms with van der Waals surface area (Å²) in [6.07, 6.45) is 6.76. The Morgan fingerprint density at radius 1 is 1.50 bits per heavy atom. The van der Waals surface area contributed by atoms with E-state index in [0.717, 1.165) is 31.2 Å². The van der Waals surface area contributed by atoms with Crippen molar-refractivity contribution in [3.8, 4) is 0 Å². The molecule has 1 aromatic rings. The number of rotatable bonds is 7. The van der Waals surface area contributed by atoms with Crippen LogP contribution in [0.2, 0.25) is 0 Å². The third kappa shape index (κ3) is 4.02. The van der Waals surface area contributed by atoms with Gasteiger partial charge in [-0.05, 0) is 37.8 Å². The molecule has 0 unspecified atom stereocenters. The van der Waals surface area contributed by atoms with Crippen molar-refractivity contribution in [2.45, 2.75) is 32.6 Å². The van der Waals surface area contributed by atoms with Crippen molar-refractivity contribution in [1.82, 2.24) is 10.3 Å². The van der Waals surface area contributed by atoms with Gasteiger partial charge >= 0.3 is 0 Å². The largest absolute Gasteiger partial charge is 0.370 e. The molecular formula is C14H21N3O. The number of amides is 1. The van der Waals surface area contributed by atoms with E-state index in [0.29, 0.717) is 5.56 Å². The van der Waals surface area contributed by atoms with E-state index in [1.165, 1.54) is 19.3 Å². The zero-order valence-corrected chi connectivity index (χ0v) is 10.9. The van der Waals surface area contributed by atoms with Gasteiger partial charge in [-0.2, -0.15) is 0 Å². The summed E-state index contributed by atoms with van der Waals surface area (Å²) in [4.78, 5) is 16.0. The molecule has 0 saturated heterocycles. The van der Waals surface area contributed by atoms with E-state index in [-0.39, 0.29) is 5.91 Å². The summed E-state index contributed by atoms with van der Waals surface area (Å²) in [6.45, 7) is 3.58. The van der Waals surface area contributed by atoms with Crippen molar-refractivity contribution in [2.75, 3.05) is 18.4 Å². The average Bonchev–Trinajstić information content (AvgIpc) is 3.19. The lowest BCUT2D eigenvalue weighted by atomic mass is 10.2. The van der Waals surface area contributed by atoms with Gasteiger partial charge in [-0.15, -0.1) is 0 Å². The topological polar surface area (TPSA) is 54.0 Å². The van der Waals surface area contributed by atoms with E-state index in [2.05, 4.69) is 15.6 Å². The van der Waals surface area contributed by atoms with Crippen LogP contribution in [-0.4, -0.2) is 24.0 Å². The van der Waals surface area contributed by atoms with Crippen molar-refractivity contribution < 1.29 is 4.79 Å². The summed E-state index contributed by atoms with van der Waals surface area (Å²) in [5.41, 5.74) is 0.673. The van der Waals surface area contributed by atoms with Gasteiger partial charge in [0.05, 0.1) is 0 Å². The maximum Gasteiger partial charge on any atom is 0.251 e. The number of anilines is 1. The number of carbonyl (C=O) groups excluding carboxylic acids is 1. The summed E-state index contributed by atoms with van der Waals surface area (Å²) in [5, 5.41) is 6.06. The molecule has 1 fully saturated rings. The highest BCUT2D eigenvalue weighted by Crippen LogP contribution is 2.33. The first-order chi connectivity index (χ1) is 8.79. The van der Waals surface area contributed by atoms with Crippen LogP contribution in [0.3, 0.4) is 0 Å². The lowest BCUT2D eigenvalue weighted by Crippen LogP contribution is -2.24. The molecule has 2 N–H and O–H groups in total. The number of hydrogen-bond acceptors (Lipinski definition) is 3. The SMILES string of the molecule is CCNc1cc(C(=O)NCCCC2CC2)ccn1. The summed E-state index contributed by atoms with van der Waals surface area (Å²) in [6, 6.07) is 3.54. The monoisotopic (exact) mass is 247 g/mol. The second-order valence-corrected chi connectivity index (χ2v) is 4.80. The molecule has 0 atom stereocenters. The normalized spacial score (nSPS) is 14.3. The molecule has 0 radical (unpaired) electrons. The van der Waals surface area contributed by atoms with Crippen molar-refractivity contribution in [1.29, 1.82) is 0 Å². The molecule has 4 heteroatoms. The second kappa shape index (κ2) is 6.38. The number of aromatic nitrogens is 1. The molecule has 1 aromatic heterocycles. The minimum Gasteiger partial charge on any atom is -0.370 e. The molecule has 4 nitrogen and oxygen atoms in total. The Kier molecular flexibility index (Phi) is 4.56. The molecule has 98 valence electrons. The highest BCUT2D eigenvalue weighted by molar-refractivity contribution is 5.94. The van der Waals surface area contributed by atoms with E-state index in [9.17, 15) is 4.79 Å². The fourth-order valence-corrected chi connectivity index (χ4v) is 1.95. The Balaban J connectivity index is 1.77. The Morgan fingerprint density at radius 2 is 2.33 bits per heavy atom. The fourth-order valence-electron chi connectivity index (χ4n) is 1.95. The minimum atomic E-state index is -0.00708. The third-order valence-electron chi connectivity index (χ3n) is 3.15. The van der Waals surface area contributed by atoms with Crippen LogP contribution in [-0.2, 0) is 0 Å². The Bertz CT molecular complexity index is 402. The molecule has 18 heavy (non-hydrogen) atoms. The Hall–Kier alpha value is -1.58. The first kappa shape index (κ1) is 12.9. The average molecular weight is 247 g/mol. The zero-order valence-electron chi connectivity index (χ0n) is 10.9. The van der Waals surface area contributed by atoms with Crippen LogP contribution in [0.4, 0.5) is 5.82 Å². The van der Waals surface area contributed by atoms with Gasteiger partial charge in [-0.25, -0.2) is 4.98 Å². The number of carbonyl (C=O) groups is 1. The van der Waals surface area contributed by atoms with Crippen LogP contribution in [0.1, 0.15) is 43.0 Å². The third-order valence-corrected chi connectivity index (χ3v) is 3.15. The number of nitrogens with one attached hydrogen (secondary N) is 2. The van der Waals surface area contributed by atoms with Crippen LogP contribution in [0.25, 0.3) is 0 Å². The van der Waals surface area contributed by atoms with E-state index in [4.69, 9.17) is 0 Å². The summed E-state index contributed by atoms with van der Waals surface area (Å²) in [5.74, 6) is 1.68. The number of pyridine rings is 1. The molecule has 1 amide bonds. The molecule has 1 saturated carbocycles. The Morgan fingerprint density at radius 3 is 3.06 bits per heavy atom. The van der Waals surface area contributed by atoms with Gasteiger partial charge in [-0.3, -0.25) is 4.79 Å². The van der Waals surface area contributed by atoms with Gasteiger partial charge in [0.1, 0.15) is 5.82 Å². The van der Waals surface area contributed by atoms with E-state index < -0.39 is 0 Å². The minimum absolute atomic E-state index is 0.00708. The second-order valence-electron chi connectivity index (χ2n) is 4.80. The first-order valence-electron chi connectivity index (χ1n) is 6.77. The summed E-state index contributed by atoms with van der Waals surface area (Å²) < 4.78 is 0. The highest BCUT2D eigenvalue weighted by atomic mass is 16.1. The summed E-state index contributed by atoms with van der Waals surface area (Å²) in [7, 11) is 0. The molecule has 1 heterocycles. The van der Waals surface area contributed by atoms with Gasteiger partial charge in [0, 0.05) is 24.8 Å². The molecule has 1 aliphatic rings. The number of hydrogen-bond donors (Lipinski definition) is 2. The summed E-state index contributed by atoms with van der Waals surface area (Å²) >= 11 is 0. The molecule has 2 rings (SSSR count). The van der Waals surface area contributed by atoms with Crippen LogP contribution in [0, 0.1) is 5.92 Å². The van der Waals surface area contributed by atoms with Crippen molar-refractivity contribution >= 4 is 11.7 Å². The lowest BCUT2D eigenvalue weighted by Gasteiger charge is -2.07. The van der Waals surface area contributed by atoms with Crippen molar-refractivity contribution in [3.05, 3.63) is 23.9 Å². The van der Waals surface area contributed by atoms with Gasteiger partial charge in [0.2, 0.25) is 0 Å². The standard InChI is InChI=1S/C14H21N3O/c1-2-15-13-10-12(7-9-16-13)14(18)17-8-3-4-11-5-6-11/h7,9-11H,2-6,8H2,1H3,(H,15,16)(H,17,18). The molecule has 0 spiro atoms. The first-order valence-corrected chi connectivity index (χ1v) is 6.77. The highest BCUT2D eigenvalue weighted by Gasteiger charge is 2.20. The maximum atomic E-state index is 11.9. The molecule has 0 bridgehead atoms. The van der Waals surface area contributed by atoms with Gasteiger partial charge in [-0.1, -0.05) is 12.8 Å². The molecular weight excluding hydrogens is 226 g/mol. The molecule has 1 aliphatic carbocycles. The predicted octanol–water partition coefficient (Wildman–Crippen LogP) is 2.43. The van der Waals surface area contributed by atoms with E-state index in [1.807, 2.05) is 6.92 Å². The fraction of sp³-hybridized carbons (Fsp3) is 0.571. The van der Waals surface area contributed by atoms with Gasteiger partial charge in [0.25, 0.3) is 5.91 Å². The smallest absolute Gasteiger partial charge is 0.251 e. The van der Waals surface area contributed by atoms with E-state index >= 15 is 0 Å². The van der Waals surface area contributed by atoms with E-state index in [1.54, 1.807) is 18.3 Å². The van der Waals surface area contributed by atoms with Crippen LogP contribution < -0.4 is 10.6 Å². The van der Waals surface area contributed by atoms with Crippen LogP contribution in [0.15, 0.2) is 18.3 Å². The van der Waals surface area contributed by atoms with Crippen LogP contribution >= 0.6 is 0 Å². The van der Waals surface area contributed by atoms with Crippen molar-refractivity contribution in [3.63, 3.8) is 0 Å². The maximum absolute atomic E-state index is 11.9. The number of nitrogens with zero attached hydrogens (tertiary/aromatic N) is 1. The van der Waals surface area contributed by atoms with Gasteiger partial charge < -0.3 is 10.6 Å². The Labute approximate surface area is 108 Å².